The molecule has 0 unspecified atom stereocenters. The van der Waals surface area contributed by atoms with Crippen molar-refractivity contribution in [1.29, 1.82) is 0 Å². The lowest BCUT2D eigenvalue weighted by Crippen LogP contribution is -2.40. The maximum atomic E-state index is 15.3. The van der Waals surface area contributed by atoms with Crippen molar-refractivity contribution in [3.63, 3.8) is 0 Å². The summed E-state index contributed by atoms with van der Waals surface area (Å²) >= 11 is 0. The van der Waals surface area contributed by atoms with Gasteiger partial charge < -0.3 is 0 Å². The molecule has 0 radical (unpaired) electrons. The highest BCUT2D eigenvalue weighted by molar-refractivity contribution is 5.53. The van der Waals surface area contributed by atoms with Crippen LogP contribution in [0.15, 0.2) is 42.6 Å². The highest BCUT2D eigenvalue weighted by Gasteiger charge is 2.39. The summed E-state index contributed by atoms with van der Waals surface area (Å²) in [6, 6.07) is 10.5. The van der Waals surface area contributed by atoms with Gasteiger partial charge in [0, 0.05) is 32.3 Å². The first-order valence-corrected chi connectivity index (χ1v) is 9.71. The number of piperidine rings is 1. The third-order valence-corrected chi connectivity index (χ3v) is 5.67. The molecule has 0 aliphatic carbocycles. The predicted molar refractivity (Wildman–Crippen MR) is 101 cm³/mol. The van der Waals surface area contributed by atoms with Crippen LogP contribution in [0.1, 0.15) is 42.3 Å². The maximum Gasteiger partial charge on any atom is 0.420 e. The number of hydrogen-bond donors (Lipinski definition) is 0. The van der Waals surface area contributed by atoms with Crippen LogP contribution in [-0.4, -0.2) is 32.6 Å². The molecule has 0 spiro atoms. The van der Waals surface area contributed by atoms with Crippen molar-refractivity contribution >= 4 is 5.65 Å². The lowest BCUT2D eigenvalue weighted by molar-refractivity contribution is -0.137. The SMILES string of the molecule is CCc1nnc2c(C(F)(F)F)c(CN3CCC(F)(c4ccccc4)CC3)ccn12. The zero-order chi connectivity index (χ0) is 20.6. The molecule has 4 nitrogen and oxygen atoms in total. The predicted octanol–water partition coefficient (Wildman–Crippen LogP) is 4.77. The molecule has 1 aliphatic rings. The normalized spacial score (nSPS) is 17.7. The minimum absolute atomic E-state index is 0.102. The Bertz CT molecular complexity index is 989. The Morgan fingerprint density at radius 2 is 1.72 bits per heavy atom. The molecular weight excluding hydrogens is 384 g/mol. The van der Waals surface area contributed by atoms with Gasteiger partial charge in [-0.15, -0.1) is 10.2 Å². The van der Waals surface area contributed by atoms with Crippen LogP contribution < -0.4 is 0 Å². The number of aryl methyl sites for hydroxylation is 1. The van der Waals surface area contributed by atoms with E-state index in [9.17, 15) is 13.2 Å². The quantitative estimate of drug-likeness (QED) is 0.585. The molecule has 0 amide bonds. The minimum atomic E-state index is -4.54. The van der Waals surface area contributed by atoms with Gasteiger partial charge in [-0.2, -0.15) is 13.2 Å². The zero-order valence-corrected chi connectivity index (χ0v) is 16.1. The van der Waals surface area contributed by atoms with Crippen molar-refractivity contribution in [3.05, 3.63) is 65.1 Å². The molecule has 1 aliphatic heterocycles. The molecule has 3 heterocycles. The van der Waals surface area contributed by atoms with Crippen molar-refractivity contribution in [3.8, 4) is 0 Å². The van der Waals surface area contributed by atoms with Gasteiger partial charge in [-0.1, -0.05) is 37.3 Å². The lowest BCUT2D eigenvalue weighted by atomic mass is 9.86. The Morgan fingerprint density at radius 3 is 2.34 bits per heavy atom. The second-order valence-electron chi connectivity index (χ2n) is 7.48. The fourth-order valence-corrected chi connectivity index (χ4v) is 4.06. The van der Waals surface area contributed by atoms with Gasteiger partial charge in [0.1, 0.15) is 17.1 Å². The smallest absolute Gasteiger partial charge is 0.299 e. The molecular formula is C21H22F4N4. The number of alkyl halides is 4. The molecule has 0 bridgehead atoms. The van der Waals surface area contributed by atoms with E-state index in [-0.39, 0.29) is 30.6 Å². The summed E-state index contributed by atoms with van der Waals surface area (Å²) in [5.41, 5.74) is -1.59. The average Bonchev–Trinajstić information content (AvgIpc) is 3.12. The fourth-order valence-electron chi connectivity index (χ4n) is 4.06. The Labute approximate surface area is 166 Å². The van der Waals surface area contributed by atoms with Gasteiger partial charge in [0.15, 0.2) is 5.65 Å². The second kappa shape index (κ2) is 7.40. The number of fused-ring (bicyclic) bond motifs is 1. The van der Waals surface area contributed by atoms with Crippen LogP contribution >= 0.6 is 0 Å². The highest BCUT2D eigenvalue weighted by atomic mass is 19.4. The maximum absolute atomic E-state index is 15.3. The Morgan fingerprint density at radius 1 is 1.03 bits per heavy atom. The molecule has 4 rings (SSSR count). The number of likely N-dealkylation sites (tertiary alicyclic amines) is 1. The van der Waals surface area contributed by atoms with E-state index in [4.69, 9.17) is 0 Å². The van der Waals surface area contributed by atoms with E-state index < -0.39 is 17.4 Å². The van der Waals surface area contributed by atoms with Crippen molar-refractivity contribution in [2.45, 2.75) is 44.6 Å². The number of halogens is 4. The number of rotatable bonds is 4. The standard InChI is InChI=1S/C21H22F4N4/c1-2-17-26-27-19-18(21(23,24)25)15(8-11-29(17)19)14-28-12-9-20(22,10-13-28)16-6-4-3-5-7-16/h3-8,11H,2,9-10,12-14H2,1H3. The second-order valence-corrected chi connectivity index (χ2v) is 7.48. The molecule has 29 heavy (non-hydrogen) atoms. The monoisotopic (exact) mass is 406 g/mol. The van der Waals surface area contributed by atoms with Crippen LogP contribution in [0.25, 0.3) is 5.65 Å². The summed E-state index contributed by atoms with van der Waals surface area (Å²) < 4.78 is 58.2. The lowest BCUT2D eigenvalue weighted by Gasteiger charge is -2.37. The molecule has 0 saturated carbocycles. The zero-order valence-electron chi connectivity index (χ0n) is 16.1. The third-order valence-electron chi connectivity index (χ3n) is 5.67. The largest absolute Gasteiger partial charge is 0.420 e. The minimum Gasteiger partial charge on any atom is -0.299 e. The van der Waals surface area contributed by atoms with Crippen LogP contribution in [-0.2, 0) is 24.8 Å². The summed E-state index contributed by atoms with van der Waals surface area (Å²) in [5.74, 6) is 0.486. The summed E-state index contributed by atoms with van der Waals surface area (Å²) in [7, 11) is 0. The van der Waals surface area contributed by atoms with Crippen LogP contribution in [0.3, 0.4) is 0 Å². The number of aromatic nitrogens is 3. The summed E-state index contributed by atoms with van der Waals surface area (Å²) in [5, 5.41) is 7.67. The van der Waals surface area contributed by atoms with Crippen LogP contribution in [0.5, 0.6) is 0 Å². The number of pyridine rings is 1. The van der Waals surface area contributed by atoms with Crippen molar-refractivity contribution in [2.24, 2.45) is 0 Å². The molecule has 154 valence electrons. The van der Waals surface area contributed by atoms with E-state index in [1.165, 1.54) is 10.5 Å². The number of benzene rings is 1. The highest BCUT2D eigenvalue weighted by Crippen LogP contribution is 2.39. The van der Waals surface area contributed by atoms with Crippen molar-refractivity contribution in [1.82, 2.24) is 19.5 Å². The van der Waals surface area contributed by atoms with E-state index in [2.05, 4.69) is 10.2 Å². The van der Waals surface area contributed by atoms with Gasteiger partial charge in [-0.3, -0.25) is 9.30 Å². The summed E-state index contributed by atoms with van der Waals surface area (Å²) in [6.07, 6.45) is -1.95. The molecule has 2 aromatic heterocycles. The summed E-state index contributed by atoms with van der Waals surface area (Å²) in [6.45, 7) is 2.70. The average molecular weight is 406 g/mol. The molecule has 1 saturated heterocycles. The summed E-state index contributed by atoms with van der Waals surface area (Å²) in [4.78, 5) is 1.87. The number of nitrogens with zero attached hydrogens (tertiary/aromatic N) is 4. The Hall–Kier alpha value is -2.48. The molecule has 1 fully saturated rings. The van der Waals surface area contributed by atoms with E-state index >= 15 is 4.39 Å². The van der Waals surface area contributed by atoms with E-state index in [1.807, 2.05) is 17.9 Å². The van der Waals surface area contributed by atoms with Gasteiger partial charge in [-0.25, -0.2) is 4.39 Å². The van der Waals surface area contributed by atoms with Crippen LogP contribution in [0.2, 0.25) is 0 Å². The van der Waals surface area contributed by atoms with Crippen LogP contribution in [0, 0.1) is 0 Å². The first kappa shape index (κ1) is 19.8. The third kappa shape index (κ3) is 3.73. The van der Waals surface area contributed by atoms with Crippen molar-refractivity contribution < 1.29 is 17.6 Å². The molecule has 8 heteroatoms. The van der Waals surface area contributed by atoms with Gasteiger partial charge in [0.2, 0.25) is 0 Å². The first-order valence-electron chi connectivity index (χ1n) is 9.71. The van der Waals surface area contributed by atoms with E-state index in [1.54, 1.807) is 30.5 Å². The Kier molecular flexibility index (Phi) is 5.06. The van der Waals surface area contributed by atoms with Gasteiger partial charge >= 0.3 is 6.18 Å². The molecule has 0 N–H and O–H groups in total. The molecule has 0 atom stereocenters. The fraction of sp³-hybridized carbons (Fsp3) is 0.429. The van der Waals surface area contributed by atoms with Gasteiger partial charge in [0.05, 0.1) is 0 Å². The first-order chi connectivity index (χ1) is 13.8. The molecule has 3 aromatic rings. The van der Waals surface area contributed by atoms with Gasteiger partial charge in [-0.05, 0) is 30.0 Å². The van der Waals surface area contributed by atoms with E-state index in [0.29, 0.717) is 30.9 Å². The Balaban J connectivity index is 1.58. The molecule has 1 aromatic carbocycles. The topological polar surface area (TPSA) is 33.4 Å². The van der Waals surface area contributed by atoms with Gasteiger partial charge in [0.25, 0.3) is 0 Å². The van der Waals surface area contributed by atoms with Crippen LogP contribution in [0.4, 0.5) is 17.6 Å². The van der Waals surface area contributed by atoms with E-state index in [0.717, 1.165) is 0 Å². The number of hydrogen-bond acceptors (Lipinski definition) is 3. The van der Waals surface area contributed by atoms with Crippen molar-refractivity contribution in [2.75, 3.05) is 13.1 Å².